The lowest BCUT2D eigenvalue weighted by Crippen LogP contribution is -2.15. The molecule has 0 aliphatic rings. The summed E-state index contributed by atoms with van der Waals surface area (Å²) in [5.41, 5.74) is 6.62. The van der Waals surface area contributed by atoms with Gasteiger partial charge in [0.1, 0.15) is 5.82 Å². The second kappa shape index (κ2) is 6.83. The summed E-state index contributed by atoms with van der Waals surface area (Å²) < 4.78 is 4.94. The predicted octanol–water partition coefficient (Wildman–Crippen LogP) is 2.30. The molecule has 0 radical (unpaired) electrons. The van der Waals surface area contributed by atoms with E-state index in [1.54, 1.807) is 19.2 Å². The van der Waals surface area contributed by atoms with Crippen LogP contribution in [0.5, 0.6) is 0 Å². The Bertz CT molecular complexity index is 407. The van der Waals surface area contributed by atoms with Crippen LogP contribution >= 0.6 is 0 Å². The number of rotatable bonds is 6. The summed E-state index contributed by atoms with van der Waals surface area (Å²) in [4.78, 5) is 15.8. The van der Waals surface area contributed by atoms with E-state index in [9.17, 15) is 4.79 Å². The fraction of sp³-hybridized carbons (Fsp3) is 0.538. The summed E-state index contributed by atoms with van der Waals surface area (Å²) in [6, 6.07) is 1.57. The standard InChI is InChI=1S/C13H21N3O2/c1-4-9(3)8-16-12-11(14)10(6-7-15-12)13(17)18-5-2/h6-7,9H,4-5,8,14H2,1-3H3,(H,15,16). The fourth-order valence-electron chi connectivity index (χ4n) is 1.42. The molecule has 5 heteroatoms. The minimum Gasteiger partial charge on any atom is -0.462 e. The zero-order valence-electron chi connectivity index (χ0n) is 11.2. The van der Waals surface area contributed by atoms with E-state index < -0.39 is 5.97 Å². The molecular weight excluding hydrogens is 230 g/mol. The van der Waals surface area contributed by atoms with Crippen molar-refractivity contribution in [2.24, 2.45) is 5.92 Å². The van der Waals surface area contributed by atoms with Crippen LogP contribution in [0.3, 0.4) is 0 Å². The first-order chi connectivity index (χ1) is 8.60. The molecule has 0 aromatic carbocycles. The normalized spacial score (nSPS) is 11.9. The number of nitrogens with two attached hydrogens (primary N) is 1. The first-order valence-electron chi connectivity index (χ1n) is 6.25. The van der Waals surface area contributed by atoms with E-state index in [1.165, 1.54) is 0 Å². The highest BCUT2D eigenvalue weighted by molar-refractivity contribution is 5.97. The second-order valence-electron chi connectivity index (χ2n) is 4.24. The third-order valence-electron chi connectivity index (χ3n) is 2.80. The largest absolute Gasteiger partial charge is 0.462 e. The summed E-state index contributed by atoms with van der Waals surface area (Å²) in [6.45, 7) is 7.13. The van der Waals surface area contributed by atoms with E-state index in [-0.39, 0.29) is 0 Å². The third-order valence-corrected chi connectivity index (χ3v) is 2.80. The maximum atomic E-state index is 11.7. The Labute approximate surface area is 108 Å². The van der Waals surface area contributed by atoms with Gasteiger partial charge in [-0.3, -0.25) is 0 Å². The van der Waals surface area contributed by atoms with Gasteiger partial charge in [0.2, 0.25) is 0 Å². The molecule has 3 N–H and O–H groups in total. The van der Waals surface area contributed by atoms with Gasteiger partial charge in [-0.2, -0.15) is 0 Å². The van der Waals surface area contributed by atoms with Crippen molar-refractivity contribution in [1.82, 2.24) is 4.98 Å². The van der Waals surface area contributed by atoms with E-state index in [4.69, 9.17) is 10.5 Å². The number of carbonyl (C=O) groups excluding carboxylic acids is 1. The van der Waals surface area contributed by atoms with Crippen LogP contribution in [-0.4, -0.2) is 24.1 Å². The number of nitrogens with zero attached hydrogens (tertiary/aromatic N) is 1. The number of hydrogen-bond donors (Lipinski definition) is 2. The van der Waals surface area contributed by atoms with E-state index in [2.05, 4.69) is 24.1 Å². The van der Waals surface area contributed by atoms with Gasteiger partial charge in [0.15, 0.2) is 0 Å². The van der Waals surface area contributed by atoms with Crippen molar-refractivity contribution in [3.05, 3.63) is 17.8 Å². The van der Waals surface area contributed by atoms with Gasteiger partial charge < -0.3 is 15.8 Å². The summed E-state index contributed by atoms with van der Waals surface area (Å²) in [6.07, 6.45) is 2.63. The number of aromatic nitrogens is 1. The molecule has 5 nitrogen and oxygen atoms in total. The zero-order valence-corrected chi connectivity index (χ0v) is 11.2. The van der Waals surface area contributed by atoms with Crippen LogP contribution in [0.4, 0.5) is 11.5 Å². The number of ether oxygens (including phenoxy) is 1. The van der Waals surface area contributed by atoms with E-state index in [0.29, 0.717) is 29.6 Å². The molecular formula is C13H21N3O2. The first kappa shape index (κ1) is 14.3. The Hall–Kier alpha value is -1.78. The van der Waals surface area contributed by atoms with Crippen molar-refractivity contribution >= 4 is 17.5 Å². The van der Waals surface area contributed by atoms with Gasteiger partial charge in [0.25, 0.3) is 0 Å². The maximum absolute atomic E-state index is 11.7. The molecule has 1 aromatic heterocycles. The maximum Gasteiger partial charge on any atom is 0.340 e. The summed E-state index contributed by atoms with van der Waals surface area (Å²) >= 11 is 0. The highest BCUT2D eigenvalue weighted by atomic mass is 16.5. The molecule has 0 aliphatic heterocycles. The van der Waals surface area contributed by atoms with Crippen LogP contribution in [0.2, 0.25) is 0 Å². The number of carbonyl (C=O) groups is 1. The first-order valence-corrected chi connectivity index (χ1v) is 6.25. The minimum atomic E-state index is -0.413. The Balaban J connectivity index is 2.81. The lowest BCUT2D eigenvalue weighted by atomic mass is 10.1. The number of anilines is 2. The van der Waals surface area contributed by atoms with Crippen molar-refractivity contribution in [2.75, 3.05) is 24.2 Å². The average molecular weight is 251 g/mol. The van der Waals surface area contributed by atoms with Gasteiger partial charge in [-0.05, 0) is 18.9 Å². The van der Waals surface area contributed by atoms with Gasteiger partial charge in [-0.15, -0.1) is 0 Å². The molecule has 0 saturated heterocycles. The predicted molar refractivity (Wildman–Crippen MR) is 72.6 cm³/mol. The van der Waals surface area contributed by atoms with E-state index in [1.807, 2.05) is 0 Å². The van der Waals surface area contributed by atoms with Crippen molar-refractivity contribution < 1.29 is 9.53 Å². The molecule has 0 bridgehead atoms. The lowest BCUT2D eigenvalue weighted by molar-refractivity contribution is 0.0527. The van der Waals surface area contributed by atoms with Gasteiger partial charge in [0.05, 0.1) is 17.9 Å². The van der Waals surface area contributed by atoms with Crippen LogP contribution < -0.4 is 11.1 Å². The molecule has 0 amide bonds. The number of hydrogen-bond acceptors (Lipinski definition) is 5. The minimum absolute atomic E-state index is 0.330. The fourth-order valence-corrected chi connectivity index (χ4v) is 1.42. The number of nitrogen functional groups attached to an aromatic ring is 1. The van der Waals surface area contributed by atoms with Crippen molar-refractivity contribution in [3.63, 3.8) is 0 Å². The van der Waals surface area contributed by atoms with Gasteiger partial charge >= 0.3 is 5.97 Å². The Morgan fingerprint density at radius 1 is 1.56 bits per heavy atom. The molecule has 1 unspecified atom stereocenters. The second-order valence-corrected chi connectivity index (χ2v) is 4.24. The third kappa shape index (κ3) is 3.61. The monoisotopic (exact) mass is 251 g/mol. The van der Waals surface area contributed by atoms with E-state index in [0.717, 1.165) is 13.0 Å². The van der Waals surface area contributed by atoms with Gasteiger partial charge in [0, 0.05) is 12.7 Å². The number of pyridine rings is 1. The molecule has 1 atom stereocenters. The summed E-state index contributed by atoms with van der Waals surface area (Å²) in [7, 11) is 0. The van der Waals surface area contributed by atoms with Crippen LogP contribution in [0.25, 0.3) is 0 Å². The molecule has 100 valence electrons. The molecule has 0 fully saturated rings. The highest BCUT2D eigenvalue weighted by Crippen LogP contribution is 2.21. The topological polar surface area (TPSA) is 77.2 Å². The summed E-state index contributed by atoms with van der Waals surface area (Å²) in [5.74, 6) is 0.655. The average Bonchev–Trinajstić information content (AvgIpc) is 2.37. The molecule has 1 aromatic rings. The molecule has 0 spiro atoms. The Morgan fingerprint density at radius 2 is 2.28 bits per heavy atom. The van der Waals surface area contributed by atoms with Crippen molar-refractivity contribution in [1.29, 1.82) is 0 Å². The summed E-state index contributed by atoms with van der Waals surface area (Å²) in [5, 5.41) is 3.16. The van der Waals surface area contributed by atoms with E-state index >= 15 is 0 Å². The quantitative estimate of drug-likeness (QED) is 0.758. The highest BCUT2D eigenvalue weighted by Gasteiger charge is 2.14. The number of esters is 1. The lowest BCUT2D eigenvalue weighted by Gasteiger charge is -2.13. The molecule has 18 heavy (non-hydrogen) atoms. The van der Waals surface area contributed by atoms with Gasteiger partial charge in [-0.25, -0.2) is 9.78 Å². The number of nitrogens with one attached hydrogen (secondary N) is 1. The van der Waals surface area contributed by atoms with Crippen molar-refractivity contribution in [3.8, 4) is 0 Å². The van der Waals surface area contributed by atoms with Gasteiger partial charge in [-0.1, -0.05) is 20.3 Å². The smallest absolute Gasteiger partial charge is 0.340 e. The van der Waals surface area contributed by atoms with Crippen LogP contribution in [-0.2, 0) is 4.74 Å². The molecule has 0 saturated carbocycles. The Kier molecular flexibility index (Phi) is 5.42. The molecule has 0 aliphatic carbocycles. The van der Waals surface area contributed by atoms with Crippen LogP contribution in [0, 0.1) is 5.92 Å². The molecule has 1 heterocycles. The van der Waals surface area contributed by atoms with Crippen LogP contribution in [0.15, 0.2) is 12.3 Å². The Morgan fingerprint density at radius 3 is 2.89 bits per heavy atom. The van der Waals surface area contributed by atoms with Crippen LogP contribution in [0.1, 0.15) is 37.6 Å². The van der Waals surface area contributed by atoms with Crippen molar-refractivity contribution in [2.45, 2.75) is 27.2 Å². The molecule has 1 rings (SSSR count). The zero-order chi connectivity index (χ0) is 13.5. The SMILES string of the molecule is CCOC(=O)c1ccnc(NCC(C)CC)c1N.